The maximum Gasteiger partial charge on any atom is 0.255 e. The molecule has 0 saturated carbocycles. The molecule has 1 aliphatic heterocycles. The minimum atomic E-state index is 0.112. The van der Waals surface area contributed by atoms with Gasteiger partial charge in [0.05, 0.1) is 5.56 Å². The molecule has 1 aromatic carbocycles. The molecule has 1 heterocycles. The van der Waals surface area contributed by atoms with Crippen molar-refractivity contribution in [1.82, 2.24) is 10.2 Å². The third kappa shape index (κ3) is 3.61. The minimum absolute atomic E-state index is 0.112. The number of nitrogens with zero attached hydrogens (tertiary/aromatic N) is 1. The molecule has 3 nitrogen and oxygen atoms in total. The van der Waals surface area contributed by atoms with Gasteiger partial charge >= 0.3 is 0 Å². The van der Waals surface area contributed by atoms with Crippen LogP contribution < -0.4 is 5.32 Å². The molecule has 1 saturated heterocycles. The van der Waals surface area contributed by atoms with Crippen LogP contribution in [0.5, 0.6) is 0 Å². The van der Waals surface area contributed by atoms with Gasteiger partial charge in [-0.2, -0.15) is 0 Å². The summed E-state index contributed by atoms with van der Waals surface area (Å²) in [6, 6.07) is 6.55. The van der Waals surface area contributed by atoms with Crippen molar-refractivity contribution >= 4 is 21.8 Å². The van der Waals surface area contributed by atoms with Crippen LogP contribution in [-0.4, -0.2) is 36.0 Å². The quantitative estimate of drug-likeness (QED) is 0.912. The van der Waals surface area contributed by atoms with E-state index in [1.54, 1.807) is 0 Å². The van der Waals surface area contributed by atoms with E-state index in [0.717, 1.165) is 35.1 Å². The van der Waals surface area contributed by atoms with Gasteiger partial charge in [-0.15, -0.1) is 0 Å². The molecule has 1 unspecified atom stereocenters. The Morgan fingerprint density at radius 2 is 2.25 bits per heavy atom. The summed E-state index contributed by atoms with van der Waals surface area (Å²) in [6.45, 7) is 8.04. The Kier molecular flexibility index (Phi) is 5.22. The topological polar surface area (TPSA) is 32.3 Å². The Labute approximate surface area is 129 Å². The van der Waals surface area contributed by atoms with E-state index < -0.39 is 0 Å². The van der Waals surface area contributed by atoms with Crippen LogP contribution in [0.15, 0.2) is 22.7 Å². The van der Waals surface area contributed by atoms with E-state index in [4.69, 9.17) is 0 Å². The summed E-state index contributed by atoms with van der Waals surface area (Å²) < 4.78 is 0.882. The highest BCUT2D eigenvalue weighted by molar-refractivity contribution is 9.10. The third-order valence-electron chi connectivity index (χ3n) is 3.82. The van der Waals surface area contributed by atoms with Crippen LogP contribution in [-0.2, 0) is 0 Å². The fourth-order valence-corrected chi connectivity index (χ4v) is 3.29. The zero-order valence-corrected chi connectivity index (χ0v) is 14.0. The van der Waals surface area contributed by atoms with E-state index in [2.05, 4.69) is 35.1 Å². The van der Waals surface area contributed by atoms with Gasteiger partial charge in [-0.1, -0.05) is 6.07 Å². The highest BCUT2D eigenvalue weighted by Gasteiger charge is 2.25. The molecule has 0 bridgehead atoms. The molecule has 1 aliphatic rings. The number of benzene rings is 1. The predicted molar refractivity (Wildman–Crippen MR) is 86.1 cm³/mol. The Morgan fingerprint density at radius 3 is 2.80 bits per heavy atom. The Balaban J connectivity index is 2.17. The maximum atomic E-state index is 12.8. The standard InChI is InChI=1S/C16H23BrN2O/c1-11(2)19(10-13-5-4-8-18-13)16(20)14-7-6-12(3)9-15(14)17/h6-7,9,11,13,18H,4-5,8,10H2,1-3H3. The van der Waals surface area contributed by atoms with E-state index in [9.17, 15) is 4.79 Å². The third-order valence-corrected chi connectivity index (χ3v) is 4.47. The first-order chi connectivity index (χ1) is 9.49. The zero-order chi connectivity index (χ0) is 14.7. The minimum Gasteiger partial charge on any atom is -0.335 e. The van der Waals surface area contributed by atoms with Gasteiger partial charge < -0.3 is 10.2 Å². The smallest absolute Gasteiger partial charge is 0.255 e. The van der Waals surface area contributed by atoms with Crippen LogP contribution in [0, 0.1) is 6.92 Å². The van der Waals surface area contributed by atoms with Crippen molar-refractivity contribution < 1.29 is 4.79 Å². The summed E-state index contributed by atoms with van der Waals surface area (Å²) in [5, 5.41) is 3.47. The van der Waals surface area contributed by atoms with Crippen LogP contribution in [0.2, 0.25) is 0 Å². The second-order valence-corrected chi connectivity index (χ2v) is 6.68. The molecular formula is C16H23BrN2O. The summed E-state index contributed by atoms with van der Waals surface area (Å²) >= 11 is 3.51. The molecule has 2 rings (SSSR count). The highest BCUT2D eigenvalue weighted by Crippen LogP contribution is 2.21. The number of aryl methyl sites for hydroxylation is 1. The van der Waals surface area contributed by atoms with Crippen LogP contribution in [0.4, 0.5) is 0 Å². The number of carbonyl (C=O) groups excluding carboxylic acids is 1. The van der Waals surface area contributed by atoms with Gasteiger partial charge in [-0.25, -0.2) is 0 Å². The summed E-state index contributed by atoms with van der Waals surface area (Å²) in [6.07, 6.45) is 2.37. The van der Waals surface area contributed by atoms with Gasteiger partial charge in [-0.05, 0) is 73.8 Å². The molecule has 20 heavy (non-hydrogen) atoms. The van der Waals surface area contributed by atoms with Gasteiger partial charge in [0.25, 0.3) is 5.91 Å². The SMILES string of the molecule is Cc1ccc(C(=O)N(CC2CCCN2)C(C)C)c(Br)c1. The number of halogens is 1. The highest BCUT2D eigenvalue weighted by atomic mass is 79.9. The van der Waals surface area contributed by atoms with Crippen molar-refractivity contribution in [2.45, 2.75) is 45.7 Å². The van der Waals surface area contributed by atoms with Crippen molar-refractivity contribution in [2.75, 3.05) is 13.1 Å². The van der Waals surface area contributed by atoms with Crippen LogP contribution in [0.25, 0.3) is 0 Å². The average molecular weight is 339 g/mol. The summed E-state index contributed by atoms with van der Waals surface area (Å²) in [5.74, 6) is 0.112. The number of carbonyl (C=O) groups is 1. The molecule has 1 amide bonds. The van der Waals surface area contributed by atoms with E-state index in [0.29, 0.717) is 6.04 Å². The first-order valence-corrected chi connectivity index (χ1v) is 8.09. The Bertz CT molecular complexity index is 481. The van der Waals surface area contributed by atoms with Crippen molar-refractivity contribution in [1.29, 1.82) is 0 Å². The lowest BCUT2D eigenvalue weighted by molar-refractivity contribution is 0.0688. The van der Waals surface area contributed by atoms with Crippen LogP contribution in [0.1, 0.15) is 42.6 Å². The number of nitrogens with one attached hydrogen (secondary N) is 1. The number of rotatable bonds is 4. The van der Waals surface area contributed by atoms with Gasteiger partial charge in [-0.3, -0.25) is 4.79 Å². The molecular weight excluding hydrogens is 316 g/mol. The molecule has 1 N–H and O–H groups in total. The largest absolute Gasteiger partial charge is 0.335 e. The lowest BCUT2D eigenvalue weighted by Gasteiger charge is -2.30. The fraction of sp³-hybridized carbons (Fsp3) is 0.562. The lowest BCUT2D eigenvalue weighted by atomic mass is 10.1. The second-order valence-electron chi connectivity index (χ2n) is 5.83. The molecule has 110 valence electrons. The first-order valence-electron chi connectivity index (χ1n) is 7.29. The summed E-state index contributed by atoms with van der Waals surface area (Å²) in [4.78, 5) is 14.7. The normalized spacial score (nSPS) is 18.6. The monoisotopic (exact) mass is 338 g/mol. The van der Waals surface area contributed by atoms with E-state index >= 15 is 0 Å². The molecule has 0 radical (unpaired) electrons. The van der Waals surface area contributed by atoms with Crippen molar-refractivity contribution in [3.05, 3.63) is 33.8 Å². The molecule has 1 fully saturated rings. The number of hydrogen-bond acceptors (Lipinski definition) is 2. The van der Waals surface area contributed by atoms with Gasteiger partial charge in [0, 0.05) is 23.1 Å². The fourth-order valence-electron chi connectivity index (χ4n) is 2.63. The molecule has 1 atom stereocenters. The van der Waals surface area contributed by atoms with Crippen LogP contribution in [0.3, 0.4) is 0 Å². The summed E-state index contributed by atoms with van der Waals surface area (Å²) in [7, 11) is 0. The lowest BCUT2D eigenvalue weighted by Crippen LogP contribution is -2.44. The van der Waals surface area contributed by atoms with Gasteiger partial charge in [0.1, 0.15) is 0 Å². The zero-order valence-electron chi connectivity index (χ0n) is 12.4. The Hall–Kier alpha value is -0.870. The van der Waals surface area contributed by atoms with Crippen molar-refractivity contribution in [2.24, 2.45) is 0 Å². The van der Waals surface area contributed by atoms with E-state index in [1.807, 2.05) is 30.0 Å². The average Bonchev–Trinajstić information content (AvgIpc) is 2.87. The number of amides is 1. The van der Waals surface area contributed by atoms with E-state index in [1.165, 1.54) is 6.42 Å². The second kappa shape index (κ2) is 6.72. The van der Waals surface area contributed by atoms with Crippen molar-refractivity contribution in [3.63, 3.8) is 0 Å². The molecule has 1 aromatic rings. The van der Waals surface area contributed by atoms with Gasteiger partial charge in [0.15, 0.2) is 0 Å². The molecule has 0 aromatic heterocycles. The van der Waals surface area contributed by atoms with Gasteiger partial charge in [0.2, 0.25) is 0 Å². The number of hydrogen-bond donors (Lipinski definition) is 1. The van der Waals surface area contributed by atoms with E-state index in [-0.39, 0.29) is 11.9 Å². The molecule has 0 spiro atoms. The first kappa shape index (κ1) is 15.5. The van der Waals surface area contributed by atoms with Crippen LogP contribution >= 0.6 is 15.9 Å². The Morgan fingerprint density at radius 1 is 1.50 bits per heavy atom. The predicted octanol–water partition coefficient (Wildman–Crippen LogP) is 3.36. The molecule has 0 aliphatic carbocycles. The maximum absolute atomic E-state index is 12.8. The van der Waals surface area contributed by atoms with Crippen molar-refractivity contribution in [3.8, 4) is 0 Å². The summed E-state index contributed by atoms with van der Waals surface area (Å²) in [5.41, 5.74) is 1.91. The molecule has 4 heteroatoms.